The van der Waals surface area contributed by atoms with E-state index >= 15 is 0 Å². The van der Waals surface area contributed by atoms with Crippen molar-refractivity contribution in [3.05, 3.63) is 101 Å². The van der Waals surface area contributed by atoms with Crippen molar-refractivity contribution in [2.24, 2.45) is 0 Å². The van der Waals surface area contributed by atoms with E-state index in [1.165, 1.54) is 0 Å². The topological polar surface area (TPSA) is 84.2 Å². The summed E-state index contributed by atoms with van der Waals surface area (Å²) < 4.78 is 5.28. The molecule has 7 heteroatoms. The first-order chi connectivity index (χ1) is 15.0. The number of aryl methyl sites for hydroxylation is 1. The number of amides is 2. The monoisotopic (exact) mass is 431 g/mol. The van der Waals surface area contributed by atoms with Crippen molar-refractivity contribution in [2.75, 3.05) is 10.6 Å². The molecule has 1 heterocycles. The SMILES string of the molecule is Cc1onc(-c2ccccc2Cl)c1C(=O)Nc1ccccc1NC(=O)c1ccccc1. The number of nitrogens with zero attached hydrogens (tertiary/aromatic N) is 1. The molecule has 0 aliphatic rings. The molecule has 31 heavy (non-hydrogen) atoms. The van der Waals surface area contributed by atoms with Gasteiger partial charge < -0.3 is 15.2 Å². The number of rotatable bonds is 5. The van der Waals surface area contributed by atoms with Crippen molar-refractivity contribution in [2.45, 2.75) is 6.92 Å². The highest BCUT2D eigenvalue weighted by atomic mass is 35.5. The number of carbonyl (C=O) groups is 2. The maximum Gasteiger partial charge on any atom is 0.261 e. The van der Waals surface area contributed by atoms with Crippen molar-refractivity contribution in [1.29, 1.82) is 0 Å². The maximum absolute atomic E-state index is 13.1. The Labute approximate surface area is 183 Å². The standard InChI is InChI=1S/C24H18ClN3O3/c1-15-21(22(28-31-15)17-11-5-6-12-18(17)25)24(30)27-20-14-8-7-13-19(20)26-23(29)16-9-3-2-4-10-16/h2-14H,1H3,(H,26,29)(H,27,30). The fraction of sp³-hybridized carbons (Fsp3) is 0.0417. The predicted molar refractivity (Wildman–Crippen MR) is 120 cm³/mol. The van der Waals surface area contributed by atoms with E-state index in [1.807, 2.05) is 6.07 Å². The summed E-state index contributed by atoms with van der Waals surface area (Å²) in [6, 6.07) is 22.9. The van der Waals surface area contributed by atoms with Crippen LogP contribution in [0.2, 0.25) is 5.02 Å². The molecule has 0 aliphatic heterocycles. The van der Waals surface area contributed by atoms with Crippen molar-refractivity contribution in [1.82, 2.24) is 5.16 Å². The number of anilines is 2. The van der Waals surface area contributed by atoms with Crippen molar-refractivity contribution in [3.63, 3.8) is 0 Å². The largest absolute Gasteiger partial charge is 0.360 e. The van der Waals surface area contributed by atoms with E-state index in [2.05, 4.69) is 15.8 Å². The minimum Gasteiger partial charge on any atom is -0.360 e. The van der Waals surface area contributed by atoms with Crippen LogP contribution in [0.25, 0.3) is 11.3 Å². The molecule has 0 saturated heterocycles. The number of hydrogen-bond acceptors (Lipinski definition) is 4. The molecule has 0 bridgehead atoms. The van der Waals surface area contributed by atoms with Crippen LogP contribution in [-0.2, 0) is 0 Å². The number of nitrogens with one attached hydrogen (secondary N) is 2. The van der Waals surface area contributed by atoms with Crippen molar-refractivity contribution in [3.8, 4) is 11.3 Å². The molecule has 4 aromatic rings. The molecule has 0 aliphatic carbocycles. The number of aromatic nitrogens is 1. The summed E-state index contributed by atoms with van der Waals surface area (Å²) in [5, 5.41) is 10.2. The van der Waals surface area contributed by atoms with Gasteiger partial charge in [-0.2, -0.15) is 0 Å². The minimum absolute atomic E-state index is 0.275. The minimum atomic E-state index is -0.421. The molecule has 2 amide bonds. The van der Waals surface area contributed by atoms with Crippen LogP contribution in [-0.4, -0.2) is 17.0 Å². The van der Waals surface area contributed by atoms with Gasteiger partial charge in [0.25, 0.3) is 11.8 Å². The summed E-state index contributed by atoms with van der Waals surface area (Å²) >= 11 is 6.28. The molecule has 6 nitrogen and oxygen atoms in total. The van der Waals surface area contributed by atoms with Crippen LogP contribution in [0.5, 0.6) is 0 Å². The average Bonchev–Trinajstić information content (AvgIpc) is 3.17. The second-order valence-electron chi connectivity index (χ2n) is 6.76. The predicted octanol–water partition coefficient (Wildman–Crippen LogP) is 5.81. The summed E-state index contributed by atoms with van der Waals surface area (Å²) in [7, 11) is 0. The Balaban J connectivity index is 1.62. The Morgan fingerprint density at radius 2 is 1.39 bits per heavy atom. The van der Waals surface area contributed by atoms with Crippen LogP contribution < -0.4 is 10.6 Å². The third-order valence-electron chi connectivity index (χ3n) is 4.68. The molecule has 0 atom stereocenters. The number of hydrogen-bond donors (Lipinski definition) is 2. The van der Waals surface area contributed by atoms with Gasteiger partial charge in [0.15, 0.2) is 0 Å². The number of halogens is 1. The zero-order valence-electron chi connectivity index (χ0n) is 16.6. The fourth-order valence-electron chi connectivity index (χ4n) is 3.15. The summed E-state index contributed by atoms with van der Waals surface area (Å²) in [6.45, 7) is 1.66. The van der Waals surface area contributed by atoms with Crippen molar-refractivity contribution < 1.29 is 14.1 Å². The lowest BCUT2D eigenvalue weighted by atomic mass is 10.1. The van der Waals surface area contributed by atoms with E-state index in [0.29, 0.717) is 39.0 Å². The zero-order chi connectivity index (χ0) is 21.8. The van der Waals surface area contributed by atoms with Crippen molar-refractivity contribution >= 4 is 34.8 Å². The molecule has 154 valence electrons. The Morgan fingerprint density at radius 3 is 2.06 bits per heavy atom. The number of para-hydroxylation sites is 2. The third kappa shape index (κ3) is 4.34. The van der Waals surface area contributed by atoms with Crippen LogP contribution in [0.15, 0.2) is 83.4 Å². The summed E-state index contributed by atoms with van der Waals surface area (Å²) in [6.07, 6.45) is 0. The highest BCUT2D eigenvalue weighted by molar-refractivity contribution is 6.33. The van der Waals surface area contributed by atoms with E-state index < -0.39 is 5.91 Å². The highest BCUT2D eigenvalue weighted by Crippen LogP contribution is 2.32. The molecule has 0 radical (unpaired) electrons. The number of benzene rings is 3. The van der Waals surface area contributed by atoms with Gasteiger partial charge in [-0.15, -0.1) is 0 Å². The van der Waals surface area contributed by atoms with E-state index in [4.69, 9.17) is 16.1 Å². The molecule has 1 aromatic heterocycles. The van der Waals surface area contributed by atoms with Crippen LogP contribution >= 0.6 is 11.6 Å². The van der Waals surface area contributed by atoms with E-state index in [9.17, 15) is 9.59 Å². The molecule has 0 spiro atoms. The van der Waals surface area contributed by atoms with Gasteiger partial charge in [0.2, 0.25) is 0 Å². The van der Waals surface area contributed by atoms with Gasteiger partial charge in [-0.25, -0.2) is 0 Å². The van der Waals surface area contributed by atoms with Crippen LogP contribution in [0.4, 0.5) is 11.4 Å². The van der Waals surface area contributed by atoms with Gasteiger partial charge in [-0.1, -0.05) is 65.3 Å². The molecular formula is C24H18ClN3O3. The van der Waals surface area contributed by atoms with Crippen LogP contribution in [0.3, 0.4) is 0 Å². The highest BCUT2D eigenvalue weighted by Gasteiger charge is 2.24. The Hall–Kier alpha value is -3.90. The third-order valence-corrected chi connectivity index (χ3v) is 5.01. The second kappa shape index (κ2) is 8.85. The average molecular weight is 432 g/mol. The lowest BCUT2D eigenvalue weighted by Crippen LogP contribution is -2.17. The van der Waals surface area contributed by atoms with Gasteiger partial charge in [0.1, 0.15) is 17.0 Å². The lowest BCUT2D eigenvalue weighted by Gasteiger charge is -2.12. The Kier molecular flexibility index (Phi) is 5.82. The van der Waals surface area contributed by atoms with Crippen LogP contribution in [0.1, 0.15) is 26.5 Å². The summed E-state index contributed by atoms with van der Waals surface area (Å²) in [5.74, 6) is -0.339. The first-order valence-electron chi connectivity index (χ1n) is 9.52. The van der Waals surface area contributed by atoms with Gasteiger partial charge in [0.05, 0.1) is 16.4 Å². The molecule has 3 aromatic carbocycles. The van der Waals surface area contributed by atoms with Gasteiger partial charge in [0, 0.05) is 11.1 Å². The molecule has 2 N–H and O–H groups in total. The first kappa shape index (κ1) is 20.4. The summed E-state index contributed by atoms with van der Waals surface area (Å²) in [4.78, 5) is 25.7. The lowest BCUT2D eigenvalue weighted by molar-refractivity contribution is 0.101. The molecule has 0 unspecified atom stereocenters. The van der Waals surface area contributed by atoms with Gasteiger partial charge in [-0.05, 0) is 37.3 Å². The zero-order valence-corrected chi connectivity index (χ0v) is 17.3. The van der Waals surface area contributed by atoms with Crippen LogP contribution in [0, 0.1) is 6.92 Å². The van der Waals surface area contributed by atoms with Gasteiger partial charge in [-0.3, -0.25) is 9.59 Å². The smallest absolute Gasteiger partial charge is 0.261 e. The summed E-state index contributed by atoms with van der Waals surface area (Å²) in [5.41, 5.74) is 2.65. The van der Waals surface area contributed by atoms with E-state index in [0.717, 1.165) is 0 Å². The maximum atomic E-state index is 13.1. The molecule has 0 saturated carbocycles. The van der Waals surface area contributed by atoms with E-state index in [-0.39, 0.29) is 11.5 Å². The van der Waals surface area contributed by atoms with E-state index in [1.54, 1.807) is 79.7 Å². The second-order valence-corrected chi connectivity index (χ2v) is 7.17. The molecule has 4 rings (SSSR count). The Morgan fingerprint density at radius 1 is 0.806 bits per heavy atom. The molecule has 0 fully saturated rings. The van der Waals surface area contributed by atoms with Gasteiger partial charge >= 0.3 is 0 Å². The fourth-order valence-corrected chi connectivity index (χ4v) is 3.37. The normalized spacial score (nSPS) is 10.5. The number of carbonyl (C=O) groups excluding carboxylic acids is 2. The Bertz CT molecular complexity index is 1250. The molecular weight excluding hydrogens is 414 g/mol. The first-order valence-corrected chi connectivity index (χ1v) is 9.90. The quantitative estimate of drug-likeness (QED) is 0.417.